The van der Waals surface area contributed by atoms with Crippen LogP contribution in [0.25, 0.3) is 0 Å². The molecule has 0 aliphatic carbocycles. The number of benzene rings is 1. The molecule has 1 N–H and O–H groups in total. The lowest BCUT2D eigenvalue weighted by atomic mass is 10.1. The monoisotopic (exact) mass is 255 g/mol. The minimum Gasteiger partial charge on any atom is -0.440 e. The minimum absolute atomic E-state index is 0.515. The number of halogens is 1. The molecule has 0 aliphatic heterocycles. The Kier molecular flexibility index (Phi) is 3.53. The molecule has 0 bridgehead atoms. The van der Waals surface area contributed by atoms with Gasteiger partial charge in [-0.25, -0.2) is 4.98 Å². The number of aromatic nitrogens is 1. The van der Waals surface area contributed by atoms with E-state index in [1.165, 1.54) is 18.0 Å². The molecule has 0 spiro atoms. The quantitative estimate of drug-likeness (QED) is 0.911. The van der Waals surface area contributed by atoms with Crippen molar-refractivity contribution in [2.24, 2.45) is 0 Å². The van der Waals surface area contributed by atoms with E-state index in [1.54, 1.807) is 19.2 Å². The Morgan fingerprint density at radius 1 is 1.50 bits per heavy atom. The van der Waals surface area contributed by atoms with Gasteiger partial charge in [-0.15, -0.1) is 0 Å². The molecule has 0 amide bonds. The second kappa shape index (κ2) is 4.91. The van der Waals surface area contributed by atoms with E-state index in [2.05, 4.69) is 4.98 Å². The fraction of sp³-hybridized carbons (Fsp3) is 0.182. The molecule has 0 saturated heterocycles. The Balaban J connectivity index is 2.23. The van der Waals surface area contributed by atoms with Gasteiger partial charge < -0.3 is 9.52 Å². The van der Waals surface area contributed by atoms with Crippen LogP contribution in [0.4, 0.5) is 0 Å². The van der Waals surface area contributed by atoms with Crippen LogP contribution in [0.15, 0.2) is 45.2 Å². The van der Waals surface area contributed by atoms with E-state index in [0.717, 1.165) is 10.5 Å². The smallest absolute Gasteiger partial charge is 0.260 e. The van der Waals surface area contributed by atoms with Gasteiger partial charge in [0, 0.05) is 4.90 Å². The maximum atomic E-state index is 9.40. The van der Waals surface area contributed by atoms with Crippen molar-refractivity contribution < 1.29 is 9.52 Å². The molecular weight excluding hydrogens is 246 g/mol. The Morgan fingerprint density at radius 3 is 2.88 bits per heavy atom. The summed E-state index contributed by atoms with van der Waals surface area (Å²) in [5, 5.41) is 10.5. The zero-order valence-electron chi connectivity index (χ0n) is 8.55. The predicted molar refractivity (Wildman–Crippen MR) is 62.7 cm³/mol. The van der Waals surface area contributed by atoms with Crippen LogP contribution in [-0.4, -0.2) is 10.1 Å². The van der Waals surface area contributed by atoms with Crippen molar-refractivity contribution in [3.05, 3.63) is 41.2 Å². The van der Waals surface area contributed by atoms with E-state index in [9.17, 15) is 5.11 Å². The van der Waals surface area contributed by atoms with Crippen LogP contribution in [0.5, 0.6) is 0 Å². The fourth-order valence-electron chi connectivity index (χ4n) is 1.21. The summed E-state index contributed by atoms with van der Waals surface area (Å²) >= 11 is 7.44. The lowest BCUT2D eigenvalue weighted by Gasteiger charge is -2.07. The van der Waals surface area contributed by atoms with E-state index in [0.29, 0.717) is 10.2 Å². The van der Waals surface area contributed by atoms with Gasteiger partial charge in [0.1, 0.15) is 6.26 Å². The molecule has 2 aromatic rings. The van der Waals surface area contributed by atoms with Crippen LogP contribution < -0.4 is 0 Å². The highest BCUT2D eigenvalue weighted by atomic mass is 35.5. The molecule has 0 saturated carbocycles. The van der Waals surface area contributed by atoms with Crippen molar-refractivity contribution >= 4 is 23.4 Å². The third-order valence-corrected chi connectivity index (χ3v) is 3.42. The van der Waals surface area contributed by atoms with Crippen LogP contribution >= 0.6 is 23.4 Å². The van der Waals surface area contributed by atoms with Gasteiger partial charge >= 0.3 is 0 Å². The van der Waals surface area contributed by atoms with Gasteiger partial charge in [-0.1, -0.05) is 17.7 Å². The summed E-state index contributed by atoms with van der Waals surface area (Å²) in [5.41, 5.74) is 0.793. The molecule has 0 radical (unpaired) electrons. The number of hydrogen-bond donors (Lipinski definition) is 1. The SMILES string of the molecule is C[C@H](O)c1ccc(Sc2ncco2)c(Cl)c1. The number of nitrogens with zero attached hydrogens (tertiary/aromatic N) is 1. The third kappa shape index (κ3) is 2.58. The van der Waals surface area contributed by atoms with Gasteiger partial charge in [-0.3, -0.25) is 0 Å². The fourth-order valence-corrected chi connectivity index (χ4v) is 2.22. The topological polar surface area (TPSA) is 46.3 Å². The summed E-state index contributed by atoms with van der Waals surface area (Å²) in [5.74, 6) is 0. The molecule has 84 valence electrons. The molecule has 1 aromatic carbocycles. The number of rotatable bonds is 3. The molecule has 5 heteroatoms. The highest BCUT2D eigenvalue weighted by Crippen LogP contribution is 2.33. The lowest BCUT2D eigenvalue weighted by Crippen LogP contribution is -1.90. The zero-order chi connectivity index (χ0) is 11.5. The molecule has 0 aliphatic rings. The van der Waals surface area contributed by atoms with Crippen molar-refractivity contribution in [3.63, 3.8) is 0 Å². The summed E-state index contributed by atoms with van der Waals surface area (Å²) in [6.07, 6.45) is 2.58. The summed E-state index contributed by atoms with van der Waals surface area (Å²) in [6.45, 7) is 1.70. The predicted octanol–water partition coefficient (Wildman–Crippen LogP) is 3.53. The Bertz CT molecular complexity index is 471. The van der Waals surface area contributed by atoms with Crippen LogP contribution in [0, 0.1) is 0 Å². The van der Waals surface area contributed by atoms with E-state index in [4.69, 9.17) is 16.0 Å². The van der Waals surface area contributed by atoms with Crippen LogP contribution in [0.1, 0.15) is 18.6 Å². The van der Waals surface area contributed by atoms with Crippen molar-refractivity contribution in [1.82, 2.24) is 4.98 Å². The number of oxazole rings is 1. The van der Waals surface area contributed by atoms with E-state index < -0.39 is 6.10 Å². The van der Waals surface area contributed by atoms with Crippen LogP contribution in [-0.2, 0) is 0 Å². The van der Waals surface area contributed by atoms with Gasteiger partial charge in [0.15, 0.2) is 0 Å². The number of aliphatic hydroxyl groups excluding tert-OH is 1. The average Bonchev–Trinajstić information content (AvgIpc) is 2.73. The van der Waals surface area contributed by atoms with Crippen LogP contribution in [0.3, 0.4) is 0 Å². The highest BCUT2D eigenvalue weighted by Gasteiger charge is 2.08. The molecule has 0 unspecified atom stereocenters. The van der Waals surface area contributed by atoms with Gasteiger partial charge in [-0.2, -0.15) is 0 Å². The molecular formula is C11H10ClNO2S. The number of aliphatic hydroxyl groups is 1. The maximum absolute atomic E-state index is 9.40. The molecule has 0 fully saturated rings. The summed E-state index contributed by atoms with van der Waals surface area (Å²) in [6, 6.07) is 5.43. The summed E-state index contributed by atoms with van der Waals surface area (Å²) in [7, 11) is 0. The standard InChI is InChI=1S/C11H10ClNO2S/c1-7(14)8-2-3-10(9(12)6-8)16-11-13-4-5-15-11/h2-7,14H,1H3/t7-/m0/s1. The molecule has 1 heterocycles. The summed E-state index contributed by atoms with van der Waals surface area (Å²) in [4.78, 5) is 4.85. The molecule has 3 nitrogen and oxygen atoms in total. The van der Waals surface area contributed by atoms with Crippen molar-refractivity contribution in [2.45, 2.75) is 23.1 Å². The third-order valence-electron chi connectivity index (χ3n) is 2.05. The molecule has 2 rings (SSSR count). The summed E-state index contributed by atoms with van der Waals surface area (Å²) < 4.78 is 5.11. The Labute approximate surface area is 102 Å². The molecule has 1 aromatic heterocycles. The van der Waals surface area contributed by atoms with E-state index in [-0.39, 0.29) is 0 Å². The average molecular weight is 256 g/mol. The van der Waals surface area contributed by atoms with Crippen molar-refractivity contribution in [1.29, 1.82) is 0 Å². The second-order valence-corrected chi connectivity index (χ2v) is 4.67. The lowest BCUT2D eigenvalue weighted by molar-refractivity contribution is 0.199. The first kappa shape index (κ1) is 11.5. The maximum Gasteiger partial charge on any atom is 0.260 e. The highest BCUT2D eigenvalue weighted by molar-refractivity contribution is 7.99. The Morgan fingerprint density at radius 2 is 2.31 bits per heavy atom. The molecule has 1 atom stereocenters. The zero-order valence-corrected chi connectivity index (χ0v) is 10.1. The van der Waals surface area contributed by atoms with Gasteiger partial charge in [0.05, 0.1) is 17.3 Å². The van der Waals surface area contributed by atoms with Gasteiger partial charge in [0.25, 0.3) is 5.22 Å². The van der Waals surface area contributed by atoms with Crippen LogP contribution in [0.2, 0.25) is 5.02 Å². The van der Waals surface area contributed by atoms with Gasteiger partial charge in [0.2, 0.25) is 0 Å². The largest absolute Gasteiger partial charge is 0.440 e. The normalized spacial score (nSPS) is 12.7. The van der Waals surface area contributed by atoms with Crippen molar-refractivity contribution in [3.8, 4) is 0 Å². The molecule has 16 heavy (non-hydrogen) atoms. The number of hydrogen-bond acceptors (Lipinski definition) is 4. The first-order valence-electron chi connectivity index (χ1n) is 4.71. The first-order chi connectivity index (χ1) is 7.66. The second-order valence-electron chi connectivity index (χ2n) is 3.27. The van der Waals surface area contributed by atoms with E-state index in [1.807, 2.05) is 12.1 Å². The van der Waals surface area contributed by atoms with E-state index >= 15 is 0 Å². The first-order valence-corrected chi connectivity index (χ1v) is 5.91. The minimum atomic E-state index is -0.515. The van der Waals surface area contributed by atoms with Crippen molar-refractivity contribution in [2.75, 3.05) is 0 Å². The Hall–Kier alpha value is -0.970. The van der Waals surface area contributed by atoms with Gasteiger partial charge in [-0.05, 0) is 36.4 Å².